The molecule has 1 atom stereocenters. The average molecular weight is 217 g/mol. The lowest BCUT2D eigenvalue weighted by Gasteiger charge is -2.17. The van der Waals surface area contributed by atoms with E-state index in [4.69, 9.17) is 0 Å². The van der Waals surface area contributed by atoms with Gasteiger partial charge in [-0.1, -0.05) is 32.5 Å². The van der Waals surface area contributed by atoms with E-state index in [1.54, 1.807) is 0 Å². The van der Waals surface area contributed by atoms with Gasteiger partial charge in [-0.15, -0.1) is 0 Å². The summed E-state index contributed by atoms with van der Waals surface area (Å²) >= 11 is 1.49. The number of alkyl carbamates (subject to hydrolysis) is 1. The summed E-state index contributed by atoms with van der Waals surface area (Å²) in [5, 5.41) is 7.71. The molecule has 6 heteroatoms. The van der Waals surface area contributed by atoms with Gasteiger partial charge in [0, 0.05) is 5.41 Å². The van der Waals surface area contributed by atoms with Crippen molar-refractivity contribution in [3.8, 4) is 0 Å². The molecule has 14 heavy (non-hydrogen) atoms. The molecule has 0 radical (unpaired) electrons. The molecule has 0 fully saturated rings. The van der Waals surface area contributed by atoms with E-state index in [-0.39, 0.29) is 10.9 Å². The van der Waals surface area contributed by atoms with Crippen LogP contribution in [0.5, 0.6) is 0 Å². The molecular weight excluding hydrogens is 202 g/mol. The largest absolute Gasteiger partial charge is 0.453 e. The Hall–Kier alpha value is -0.910. The Bertz CT molecular complexity index is 260. The minimum Gasteiger partial charge on any atom is -0.453 e. The van der Waals surface area contributed by atoms with Crippen molar-refractivity contribution in [2.24, 2.45) is 10.5 Å². The van der Waals surface area contributed by atoms with E-state index in [1.807, 2.05) is 0 Å². The molecule has 0 spiro atoms. The molecule has 1 rings (SSSR count). The molecular formula is C8H15N3O2S. The fraction of sp³-hybridized carbons (Fsp3) is 0.750. The summed E-state index contributed by atoms with van der Waals surface area (Å²) in [6, 6.07) is 0. The summed E-state index contributed by atoms with van der Waals surface area (Å²) in [6.07, 6.45) is -0.458. The molecule has 0 aliphatic carbocycles. The number of carbonyl (C=O) groups excluding carboxylic acids is 1. The molecule has 0 saturated carbocycles. The summed E-state index contributed by atoms with van der Waals surface area (Å²) in [5.41, 5.74) is 2.60. The number of hydrogen-bond donors (Lipinski definition) is 2. The van der Waals surface area contributed by atoms with Gasteiger partial charge in [0.1, 0.15) is 5.04 Å². The van der Waals surface area contributed by atoms with Crippen LogP contribution in [0.25, 0.3) is 0 Å². The van der Waals surface area contributed by atoms with Crippen molar-refractivity contribution in [1.29, 1.82) is 0 Å². The second kappa shape index (κ2) is 4.08. The zero-order chi connectivity index (χ0) is 10.8. The van der Waals surface area contributed by atoms with Gasteiger partial charge in [0.15, 0.2) is 5.50 Å². The first-order valence-corrected chi connectivity index (χ1v) is 5.16. The first-order valence-electron chi connectivity index (χ1n) is 4.28. The first kappa shape index (κ1) is 11.2. The van der Waals surface area contributed by atoms with Crippen LogP contribution in [0.15, 0.2) is 5.10 Å². The van der Waals surface area contributed by atoms with Gasteiger partial charge in [0.2, 0.25) is 0 Å². The molecule has 1 unspecified atom stereocenters. The molecule has 1 amide bonds. The summed E-state index contributed by atoms with van der Waals surface area (Å²) in [4.78, 5) is 10.9. The molecule has 0 aromatic heterocycles. The summed E-state index contributed by atoms with van der Waals surface area (Å²) in [7, 11) is 1.33. The Kier molecular flexibility index (Phi) is 3.25. The zero-order valence-electron chi connectivity index (χ0n) is 8.75. The number of nitrogens with one attached hydrogen (secondary N) is 2. The van der Waals surface area contributed by atoms with Crippen molar-refractivity contribution >= 4 is 22.9 Å². The van der Waals surface area contributed by atoms with Crippen LogP contribution in [-0.4, -0.2) is 23.7 Å². The highest BCUT2D eigenvalue weighted by atomic mass is 32.2. The fourth-order valence-corrected chi connectivity index (χ4v) is 1.80. The zero-order valence-corrected chi connectivity index (χ0v) is 9.57. The standard InChI is InChI=1S/C8H15N3O2S/c1-8(2,3)5-10-11-6(14-5)9-7(12)13-4/h6,11H,1-4H3,(H,9,12). The van der Waals surface area contributed by atoms with Crippen LogP contribution in [0, 0.1) is 5.41 Å². The maximum atomic E-state index is 10.9. The second-order valence-corrected chi connectivity index (χ2v) is 5.02. The summed E-state index contributed by atoms with van der Waals surface area (Å²) in [5.74, 6) is 0. The third kappa shape index (κ3) is 2.80. The Balaban J connectivity index is 2.43. The van der Waals surface area contributed by atoms with Crippen molar-refractivity contribution in [1.82, 2.24) is 10.7 Å². The van der Waals surface area contributed by atoms with Crippen LogP contribution in [-0.2, 0) is 4.74 Å². The molecule has 1 heterocycles. The number of carbonyl (C=O) groups is 1. The Labute approximate surface area is 87.7 Å². The third-order valence-corrected chi connectivity index (χ3v) is 2.97. The number of hydrogen-bond acceptors (Lipinski definition) is 5. The fourth-order valence-electron chi connectivity index (χ4n) is 0.854. The van der Waals surface area contributed by atoms with Gasteiger partial charge in [-0.05, 0) is 0 Å². The van der Waals surface area contributed by atoms with E-state index >= 15 is 0 Å². The predicted molar refractivity (Wildman–Crippen MR) is 56.9 cm³/mol. The highest BCUT2D eigenvalue weighted by Crippen LogP contribution is 2.29. The van der Waals surface area contributed by atoms with Gasteiger partial charge in [-0.3, -0.25) is 10.7 Å². The number of nitrogens with zero attached hydrogens (tertiary/aromatic N) is 1. The maximum absolute atomic E-state index is 10.9. The predicted octanol–water partition coefficient (Wildman–Crippen LogP) is 1.32. The molecule has 0 aromatic rings. The molecule has 0 saturated heterocycles. The molecule has 0 aromatic carbocycles. The van der Waals surface area contributed by atoms with Crippen molar-refractivity contribution in [2.75, 3.05) is 7.11 Å². The Morgan fingerprint density at radius 3 is 2.71 bits per heavy atom. The smallest absolute Gasteiger partial charge is 0.409 e. The van der Waals surface area contributed by atoms with Gasteiger partial charge < -0.3 is 4.74 Å². The van der Waals surface area contributed by atoms with Crippen molar-refractivity contribution in [3.63, 3.8) is 0 Å². The van der Waals surface area contributed by atoms with Crippen molar-refractivity contribution in [3.05, 3.63) is 0 Å². The molecule has 1 aliphatic heterocycles. The van der Waals surface area contributed by atoms with Crippen LogP contribution in [0.3, 0.4) is 0 Å². The molecule has 80 valence electrons. The lowest BCUT2D eigenvalue weighted by Crippen LogP contribution is -2.38. The molecule has 2 N–H and O–H groups in total. The van der Waals surface area contributed by atoms with Gasteiger partial charge >= 0.3 is 6.09 Å². The molecule has 5 nitrogen and oxygen atoms in total. The van der Waals surface area contributed by atoms with E-state index in [1.165, 1.54) is 18.9 Å². The van der Waals surface area contributed by atoms with Crippen LogP contribution in [0.2, 0.25) is 0 Å². The number of ether oxygens (including phenoxy) is 1. The number of amides is 1. The lowest BCUT2D eigenvalue weighted by atomic mass is 9.99. The first-order chi connectivity index (χ1) is 6.43. The van der Waals surface area contributed by atoms with Gasteiger partial charge in [-0.25, -0.2) is 4.79 Å². The van der Waals surface area contributed by atoms with Gasteiger partial charge in [0.25, 0.3) is 0 Å². The highest BCUT2D eigenvalue weighted by Gasteiger charge is 2.29. The molecule has 1 aliphatic rings. The van der Waals surface area contributed by atoms with Crippen LogP contribution < -0.4 is 10.7 Å². The SMILES string of the molecule is COC(=O)NC1NN=C(C(C)(C)C)S1. The van der Waals surface area contributed by atoms with E-state index in [0.29, 0.717) is 0 Å². The van der Waals surface area contributed by atoms with E-state index in [2.05, 4.69) is 41.4 Å². The molecule has 0 bridgehead atoms. The van der Waals surface area contributed by atoms with E-state index in [0.717, 1.165) is 5.04 Å². The van der Waals surface area contributed by atoms with E-state index in [9.17, 15) is 4.79 Å². The third-order valence-electron chi connectivity index (χ3n) is 1.59. The van der Waals surface area contributed by atoms with Crippen LogP contribution in [0.1, 0.15) is 20.8 Å². The monoisotopic (exact) mass is 217 g/mol. The topological polar surface area (TPSA) is 62.7 Å². The normalized spacial score (nSPS) is 21.1. The highest BCUT2D eigenvalue weighted by molar-refractivity contribution is 8.14. The van der Waals surface area contributed by atoms with Gasteiger partial charge in [-0.2, -0.15) is 5.10 Å². The van der Waals surface area contributed by atoms with Crippen molar-refractivity contribution in [2.45, 2.75) is 26.3 Å². The Morgan fingerprint density at radius 2 is 2.29 bits per heavy atom. The summed E-state index contributed by atoms with van der Waals surface area (Å²) < 4.78 is 4.48. The summed E-state index contributed by atoms with van der Waals surface area (Å²) in [6.45, 7) is 6.21. The van der Waals surface area contributed by atoms with Crippen LogP contribution >= 0.6 is 11.8 Å². The average Bonchev–Trinajstić information content (AvgIpc) is 2.51. The lowest BCUT2D eigenvalue weighted by molar-refractivity contribution is 0.169. The van der Waals surface area contributed by atoms with Crippen LogP contribution in [0.4, 0.5) is 4.79 Å². The Morgan fingerprint density at radius 1 is 1.64 bits per heavy atom. The van der Waals surface area contributed by atoms with Crippen molar-refractivity contribution < 1.29 is 9.53 Å². The number of thioether (sulfide) groups is 1. The maximum Gasteiger partial charge on any atom is 0.409 e. The number of methoxy groups -OCH3 is 1. The van der Waals surface area contributed by atoms with E-state index < -0.39 is 6.09 Å². The van der Waals surface area contributed by atoms with Gasteiger partial charge in [0.05, 0.1) is 7.11 Å². The minimum absolute atomic E-state index is 0.00418. The number of hydrazone groups is 1. The quantitative estimate of drug-likeness (QED) is 0.695. The number of rotatable bonds is 1. The second-order valence-electron chi connectivity index (χ2n) is 3.93. The minimum atomic E-state index is -0.458.